The molecular weight excluding hydrogens is 376 g/mol. The van der Waals surface area contributed by atoms with Gasteiger partial charge in [0.15, 0.2) is 0 Å². The molecule has 0 heterocycles. The molecule has 2 heteroatoms. The standard InChI is InChI=1S/C2H5.Rb.Rf/c1-2;;/h1H2,2H3;;/q-1;;. The van der Waals surface area contributed by atoms with Crippen LogP contribution in [-0.2, 0) is 0 Å². The molecule has 0 saturated carbocycles. The Labute approximate surface area is 70.4 Å². The Balaban J connectivity index is -0.00000000500. The first-order valence-corrected chi connectivity index (χ1v) is 0.707. The van der Waals surface area contributed by atoms with E-state index in [9.17, 15) is 0 Å². The van der Waals surface area contributed by atoms with E-state index in [1.807, 2.05) is 0 Å². The molecule has 0 N–H and O–H groups in total. The van der Waals surface area contributed by atoms with E-state index in [4.69, 9.17) is 0 Å². The molecule has 1 radical (unpaired) electrons. The second-order valence-electron chi connectivity index (χ2n) is 0. The van der Waals surface area contributed by atoms with Gasteiger partial charge in [0.2, 0.25) is 0 Å². The molecule has 0 fully saturated rings. The Bertz CT molecular complexity index is 6.00. The third-order valence-electron chi connectivity index (χ3n) is 0. The molecule has 0 unspecified atom stereocenters. The van der Waals surface area contributed by atoms with Gasteiger partial charge < -0.3 is 6.92 Å². The van der Waals surface area contributed by atoms with Crippen molar-refractivity contribution < 1.29 is 0 Å². The molecule has 0 aliphatic heterocycles. The van der Waals surface area contributed by atoms with Crippen LogP contribution < -0.4 is 0 Å². The van der Waals surface area contributed by atoms with E-state index in [1.165, 1.54) is 0 Å². The summed E-state index contributed by atoms with van der Waals surface area (Å²) in [7, 11) is 0. The van der Waals surface area contributed by atoms with Crippen molar-refractivity contribution in [1.29, 1.82) is 0 Å². The fourth-order valence-corrected chi connectivity index (χ4v) is 0. The van der Waals surface area contributed by atoms with Crippen LogP contribution in [0.25, 0.3) is 0 Å². The Hall–Kier alpha value is 0.805. The van der Waals surface area contributed by atoms with Crippen LogP contribution in [0.15, 0.2) is 0 Å². The van der Waals surface area contributed by atoms with Gasteiger partial charge in [-0.15, -0.1) is 0 Å². The van der Waals surface area contributed by atoms with Crippen molar-refractivity contribution in [3.05, 3.63) is 6.92 Å². The normalized spacial score (nSPS) is 1.50. The second kappa shape index (κ2) is 46.2. The van der Waals surface area contributed by atoms with E-state index in [2.05, 4.69) is 6.92 Å². The van der Waals surface area contributed by atoms with Crippen LogP contribution in [-0.4, -0.2) is 58.2 Å². The Morgan fingerprint density at radius 1 is 1.25 bits per heavy atom. The summed E-state index contributed by atoms with van der Waals surface area (Å²) in [5.74, 6) is 0. The molecule has 17 valence electrons. The van der Waals surface area contributed by atoms with E-state index < -0.39 is 0 Å². The summed E-state index contributed by atoms with van der Waals surface area (Å²) in [6, 6.07) is 0. The van der Waals surface area contributed by atoms with E-state index in [0.29, 0.717) is 0 Å². The molecule has 0 spiro atoms. The average molecular weight is 382 g/mol. The van der Waals surface area contributed by atoms with Crippen LogP contribution in [0.3, 0.4) is 0 Å². The zero-order valence-electron chi connectivity index (χ0n) is 3.41. The topological polar surface area (TPSA) is 0 Å². The summed E-state index contributed by atoms with van der Waals surface area (Å²) in [5, 5.41) is 0. The molecule has 0 bridgehead atoms. The third-order valence-corrected chi connectivity index (χ3v) is 0. The van der Waals surface area contributed by atoms with E-state index in [-0.39, 0.29) is 58.2 Å². The van der Waals surface area contributed by atoms with Crippen molar-refractivity contribution in [1.82, 2.24) is 0 Å². The number of rotatable bonds is 0. The van der Waals surface area contributed by atoms with Gasteiger partial charge in [0.05, 0.1) is 0 Å². The molecule has 0 aromatic heterocycles. The van der Waals surface area contributed by atoms with Crippen molar-refractivity contribution in [2.45, 2.75) is 6.92 Å². The van der Waals surface area contributed by atoms with E-state index in [1.54, 1.807) is 6.92 Å². The minimum atomic E-state index is 0. The Morgan fingerprint density at radius 3 is 1.25 bits per heavy atom. The molecule has 0 rings (SSSR count). The Morgan fingerprint density at radius 2 is 1.25 bits per heavy atom. The summed E-state index contributed by atoms with van der Waals surface area (Å²) < 4.78 is 0. The zero-order valence-corrected chi connectivity index (χ0v) is 14.7. The molecule has 0 atom stereocenters. The van der Waals surface area contributed by atoms with Crippen molar-refractivity contribution in [2.75, 3.05) is 0 Å². The largest absolute Gasteiger partial charge is 0.346 e. The van der Waals surface area contributed by atoms with Crippen molar-refractivity contribution in [2.24, 2.45) is 0 Å². The molecule has 0 saturated heterocycles. The van der Waals surface area contributed by atoms with Gasteiger partial charge in [0, 0.05) is 58.2 Å². The van der Waals surface area contributed by atoms with Gasteiger partial charge in [-0.1, -0.05) is 0 Å². The molecule has 4 heavy (non-hydrogen) atoms. The van der Waals surface area contributed by atoms with Gasteiger partial charge in [0.25, 0.3) is 0 Å². The predicted octanol–water partition coefficient (Wildman–Crippen LogP) is 0.460. The van der Waals surface area contributed by atoms with Gasteiger partial charge in [-0.3, -0.25) is 0 Å². The van der Waals surface area contributed by atoms with Crippen LogP contribution >= 0.6 is 0 Å². The molecule has 0 nitrogen and oxygen atoms in total. The number of hydrogen-bond acceptors (Lipinski definition) is 0. The van der Waals surface area contributed by atoms with Crippen molar-refractivity contribution in [3.8, 4) is 0 Å². The monoisotopic (exact) mass is 381 g/mol. The second-order valence-corrected chi connectivity index (χ2v) is 0. The Kier molecular flexibility index (Phi) is 247. The first-order chi connectivity index (χ1) is 1.00. The number of hydrogen-bond donors (Lipinski definition) is 0. The molecule has 0 aliphatic carbocycles. The molecule has 0 aliphatic rings. The van der Waals surface area contributed by atoms with Crippen LogP contribution in [0.4, 0.5) is 0 Å². The molecule has 0 aromatic rings. The van der Waals surface area contributed by atoms with Crippen LogP contribution in [0, 0.1) is 6.92 Å². The average Bonchev–Trinajstić information content (AvgIpc) is 1.00. The summed E-state index contributed by atoms with van der Waals surface area (Å²) in [6.07, 6.45) is 0. The first kappa shape index (κ1) is 21.4. The maximum absolute atomic E-state index is 3.25. The fourth-order valence-electron chi connectivity index (χ4n) is 0. The molecular formula is C2H5RbRf-. The van der Waals surface area contributed by atoms with Crippen LogP contribution in [0.2, 0.25) is 0 Å². The van der Waals surface area contributed by atoms with Crippen LogP contribution in [0.1, 0.15) is 6.92 Å². The SMILES string of the molecule is [CH2-]C.[Rb].[Rf]. The van der Waals surface area contributed by atoms with Gasteiger partial charge in [-0.05, 0) is 0 Å². The predicted molar refractivity (Wildman–Crippen MR) is 16.8 cm³/mol. The summed E-state index contributed by atoms with van der Waals surface area (Å²) in [5.41, 5.74) is 0. The van der Waals surface area contributed by atoms with Gasteiger partial charge >= 0.3 is 0 Å². The van der Waals surface area contributed by atoms with E-state index in [0.717, 1.165) is 0 Å². The van der Waals surface area contributed by atoms with E-state index >= 15 is 0 Å². The summed E-state index contributed by atoms with van der Waals surface area (Å²) in [6.45, 7) is 5.00. The van der Waals surface area contributed by atoms with Crippen molar-refractivity contribution >= 4 is 58.2 Å². The van der Waals surface area contributed by atoms with Gasteiger partial charge in [0.1, 0.15) is 0 Å². The quantitative estimate of drug-likeness (QED) is 0.535. The van der Waals surface area contributed by atoms with Crippen molar-refractivity contribution in [3.63, 3.8) is 0 Å². The first-order valence-electron chi connectivity index (χ1n) is 0.707. The summed E-state index contributed by atoms with van der Waals surface area (Å²) >= 11 is 0. The van der Waals surface area contributed by atoms with Gasteiger partial charge in [-0.25, -0.2) is 0 Å². The summed E-state index contributed by atoms with van der Waals surface area (Å²) in [4.78, 5) is 0. The van der Waals surface area contributed by atoms with Crippen LogP contribution in [0.5, 0.6) is 0 Å². The zero-order chi connectivity index (χ0) is 2.00. The smallest absolute Gasteiger partial charge is 0 e. The fraction of sp³-hybridized carbons (Fsp3) is 0.500. The molecule has 0 amide bonds. The third kappa shape index (κ3) is 14.1. The minimum absolute atomic E-state index is 0. The molecule has 0 aromatic carbocycles. The minimum Gasteiger partial charge on any atom is -0.346 e. The maximum Gasteiger partial charge on any atom is 0 e. The maximum atomic E-state index is 3.25. The van der Waals surface area contributed by atoms with Gasteiger partial charge in [-0.2, -0.15) is 6.92 Å².